The van der Waals surface area contributed by atoms with E-state index in [-0.39, 0.29) is 0 Å². The van der Waals surface area contributed by atoms with E-state index in [1.807, 2.05) is 6.07 Å². The Kier molecular flexibility index (Phi) is 13.0. The van der Waals surface area contributed by atoms with E-state index in [0.29, 0.717) is 12.3 Å². The molecule has 1 fully saturated rings. The zero-order valence-corrected chi connectivity index (χ0v) is 19.3. The van der Waals surface area contributed by atoms with Gasteiger partial charge >= 0.3 is 8.03 Å². The van der Waals surface area contributed by atoms with Crippen LogP contribution in [0.25, 0.3) is 0 Å². The Morgan fingerprint density at radius 1 is 1.07 bits per heavy atom. The number of aliphatic hydroxyl groups excluding tert-OH is 1. The molecule has 1 atom stereocenters. The van der Waals surface area contributed by atoms with Crippen LogP contribution in [0.15, 0.2) is 18.2 Å². The molecule has 1 unspecified atom stereocenters. The quantitative estimate of drug-likeness (QED) is 0.167. The molecule has 170 valence electrons. The SMILES string of the molecule is CCCCCCCCCOc1ccc(CNCCC[P+](=O)OCO)cc1OC1CC1. The molecule has 0 aliphatic heterocycles. The third-order valence-electron chi connectivity index (χ3n) is 5.06. The summed E-state index contributed by atoms with van der Waals surface area (Å²) in [4.78, 5) is 0. The molecule has 1 aromatic rings. The molecule has 0 spiro atoms. The van der Waals surface area contributed by atoms with Crippen LogP contribution in [0.1, 0.15) is 76.7 Å². The lowest BCUT2D eigenvalue weighted by Gasteiger charge is -2.14. The highest BCUT2D eigenvalue weighted by atomic mass is 31.1. The fourth-order valence-electron chi connectivity index (χ4n) is 3.18. The van der Waals surface area contributed by atoms with E-state index in [2.05, 4.69) is 28.9 Å². The summed E-state index contributed by atoms with van der Waals surface area (Å²) >= 11 is 0. The van der Waals surface area contributed by atoms with Gasteiger partial charge in [0.25, 0.3) is 0 Å². The van der Waals surface area contributed by atoms with Gasteiger partial charge in [0.2, 0.25) is 0 Å². The third-order valence-corrected chi connectivity index (χ3v) is 6.14. The monoisotopic (exact) mass is 440 g/mol. The molecule has 0 aromatic heterocycles. The molecular formula is C23H39NO5P+. The zero-order valence-electron chi connectivity index (χ0n) is 18.4. The van der Waals surface area contributed by atoms with Crippen LogP contribution >= 0.6 is 8.03 Å². The highest BCUT2D eigenvalue weighted by Gasteiger charge is 2.25. The number of rotatable bonds is 19. The average Bonchev–Trinajstić information content (AvgIpc) is 3.55. The van der Waals surface area contributed by atoms with E-state index < -0.39 is 14.8 Å². The molecule has 0 saturated heterocycles. The molecule has 0 bridgehead atoms. The minimum atomic E-state index is -1.75. The van der Waals surface area contributed by atoms with Crippen LogP contribution in [0.5, 0.6) is 11.5 Å². The number of benzene rings is 1. The minimum Gasteiger partial charge on any atom is -0.490 e. The Hall–Kier alpha value is -1.20. The van der Waals surface area contributed by atoms with E-state index in [1.54, 1.807) is 0 Å². The standard InChI is InChI=1S/C23H39NO5P/c1-2-3-4-5-6-7-8-15-27-22-13-10-20(17-23(22)29-21-11-12-21)18-24-14-9-16-30(26)28-19-25/h10,13,17,21,24-25H,2-9,11-12,14-16,18-19H2,1H3/q+1. The molecule has 30 heavy (non-hydrogen) atoms. The summed E-state index contributed by atoms with van der Waals surface area (Å²) in [5.74, 6) is 1.69. The molecule has 2 N–H and O–H groups in total. The van der Waals surface area contributed by atoms with Crippen molar-refractivity contribution in [3.8, 4) is 11.5 Å². The first-order valence-corrected chi connectivity index (χ1v) is 12.9. The fraction of sp³-hybridized carbons (Fsp3) is 0.739. The van der Waals surface area contributed by atoms with Crippen molar-refractivity contribution in [3.05, 3.63) is 23.8 Å². The summed E-state index contributed by atoms with van der Waals surface area (Å²) in [7, 11) is -1.75. The van der Waals surface area contributed by atoms with Crippen LogP contribution < -0.4 is 14.8 Å². The topological polar surface area (TPSA) is 77.0 Å². The summed E-state index contributed by atoms with van der Waals surface area (Å²) in [6.45, 7) is 3.96. The van der Waals surface area contributed by atoms with Gasteiger partial charge in [-0.3, -0.25) is 0 Å². The number of unbranched alkanes of at least 4 members (excludes halogenated alkanes) is 6. The molecule has 6 nitrogen and oxygen atoms in total. The number of aliphatic hydroxyl groups is 1. The molecule has 7 heteroatoms. The second kappa shape index (κ2) is 15.6. The minimum absolute atomic E-state index is 0.331. The van der Waals surface area contributed by atoms with Crippen molar-refractivity contribution in [1.29, 1.82) is 0 Å². The average molecular weight is 441 g/mol. The number of nitrogens with one attached hydrogen (secondary N) is 1. The molecule has 1 saturated carbocycles. The molecule has 1 aliphatic carbocycles. The van der Waals surface area contributed by atoms with Crippen molar-refractivity contribution < 1.29 is 23.7 Å². The van der Waals surface area contributed by atoms with Gasteiger partial charge in [-0.05, 0) is 48.1 Å². The van der Waals surface area contributed by atoms with E-state index >= 15 is 0 Å². The van der Waals surface area contributed by atoms with Gasteiger partial charge in [0.05, 0.1) is 12.7 Å². The van der Waals surface area contributed by atoms with Gasteiger partial charge in [0, 0.05) is 13.0 Å². The highest BCUT2D eigenvalue weighted by Crippen LogP contribution is 2.34. The van der Waals surface area contributed by atoms with Crippen molar-refractivity contribution in [2.24, 2.45) is 0 Å². The Balaban J connectivity index is 1.69. The predicted molar refractivity (Wildman–Crippen MR) is 121 cm³/mol. The Labute approximate surface area is 182 Å². The molecular weight excluding hydrogens is 401 g/mol. The van der Waals surface area contributed by atoms with E-state index in [1.165, 1.54) is 38.5 Å². The van der Waals surface area contributed by atoms with Crippen LogP contribution in [0.2, 0.25) is 0 Å². The first kappa shape index (κ1) is 25.1. The van der Waals surface area contributed by atoms with E-state index in [4.69, 9.17) is 14.6 Å². The maximum absolute atomic E-state index is 11.4. The van der Waals surface area contributed by atoms with Gasteiger partial charge in [-0.25, -0.2) is 0 Å². The second-order valence-electron chi connectivity index (χ2n) is 7.91. The van der Waals surface area contributed by atoms with Crippen molar-refractivity contribution in [2.75, 3.05) is 26.1 Å². The maximum Gasteiger partial charge on any atom is 0.510 e. The van der Waals surface area contributed by atoms with Crippen molar-refractivity contribution in [1.82, 2.24) is 5.32 Å². The molecule has 0 amide bonds. The predicted octanol–water partition coefficient (Wildman–Crippen LogP) is 5.55. The summed E-state index contributed by atoms with van der Waals surface area (Å²) in [5.41, 5.74) is 1.14. The molecule has 2 rings (SSSR count). The van der Waals surface area contributed by atoms with Gasteiger partial charge in [-0.1, -0.05) is 51.5 Å². The van der Waals surface area contributed by atoms with Gasteiger partial charge in [0.15, 0.2) is 24.5 Å². The van der Waals surface area contributed by atoms with Crippen molar-refractivity contribution >= 4 is 8.03 Å². The van der Waals surface area contributed by atoms with Gasteiger partial charge in [0.1, 0.15) is 0 Å². The molecule has 0 radical (unpaired) electrons. The Morgan fingerprint density at radius 2 is 1.83 bits per heavy atom. The van der Waals surface area contributed by atoms with Crippen LogP contribution in [0.3, 0.4) is 0 Å². The van der Waals surface area contributed by atoms with Gasteiger partial charge < -0.3 is 19.9 Å². The Bertz CT molecular complexity index is 609. The second-order valence-corrected chi connectivity index (χ2v) is 9.28. The summed E-state index contributed by atoms with van der Waals surface area (Å²) < 4.78 is 28.1. The summed E-state index contributed by atoms with van der Waals surface area (Å²) in [6.07, 6.45) is 12.7. The first-order chi connectivity index (χ1) is 14.7. The normalized spacial score (nSPS) is 14.0. The van der Waals surface area contributed by atoms with Gasteiger partial charge in [-0.2, -0.15) is 0 Å². The molecule has 0 heterocycles. The van der Waals surface area contributed by atoms with E-state index in [9.17, 15) is 4.57 Å². The molecule has 1 aliphatic rings. The molecule has 1 aromatic carbocycles. The van der Waals surface area contributed by atoms with Crippen LogP contribution in [0, 0.1) is 0 Å². The summed E-state index contributed by atoms with van der Waals surface area (Å²) in [6, 6.07) is 6.16. The third kappa shape index (κ3) is 11.3. The van der Waals surface area contributed by atoms with Crippen molar-refractivity contribution in [2.45, 2.75) is 83.8 Å². The lowest BCUT2D eigenvalue weighted by Crippen LogP contribution is -2.15. The maximum atomic E-state index is 11.4. The zero-order chi connectivity index (χ0) is 21.4. The Morgan fingerprint density at radius 3 is 2.57 bits per heavy atom. The van der Waals surface area contributed by atoms with Gasteiger partial charge in [-0.15, -0.1) is 4.52 Å². The highest BCUT2D eigenvalue weighted by molar-refractivity contribution is 7.39. The number of hydrogen-bond acceptors (Lipinski definition) is 6. The lowest BCUT2D eigenvalue weighted by molar-refractivity contribution is 0.107. The van der Waals surface area contributed by atoms with Crippen LogP contribution in [0.4, 0.5) is 0 Å². The number of ether oxygens (including phenoxy) is 2. The van der Waals surface area contributed by atoms with Crippen LogP contribution in [-0.2, 0) is 15.6 Å². The van der Waals surface area contributed by atoms with Crippen molar-refractivity contribution in [3.63, 3.8) is 0 Å². The summed E-state index contributed by atoms with van der Waals surface area (Å²) in [5, 5.41) is 11.9. The fourth-order valence-corrected chi connectivity index (χ4v) is 3.85. The first-order valence-electron chi connectivity index (χ1n) is 11.5. The number of hydrogen-bond donors (Lipinski definition) is 2. The smallest absolute Gasteiger partial charge is 0.490 e. The van der Waals surface area contributed by atoms with E-state index in [0.717, 1.165) is 62.4 Å². The largest absolute Gasteiger partial charge is 0.510 e. The van der Waals surface area contributed by atoms with Crippen LogP contribution in [-0.4, -0.2) is 37.3 Å². The lowest BCUT2D eigenvalue weighted by atomic mass is 10.1.